The van der Waals surface area contributed by atoms with Gasteiger partial charge in [0.2, 0.25) is 5.91 Å². The Hall–Kier alpha value is -2.14. The Kier molecular flexibility index (Phi) is 4.34. The van der Waals surface area contributed by atoms with E-state index in [1.807, 2.05) is 35.1 Å². The largest absolute Gasteiger partial charge is 0.352 e. The second-order valence-electron chi connectivity index (χ2n) is 7.08. The van der Waals surface area contributed by atoms with Gasteiger partial charge in [-0.3, -0.25) is 4.79 Å². The summed E-state index contributed by atoms with van der Waals surface area (Å²) < 4.78 is 1.83. The molecule has 126 valence electrons. The zero-order valence-electron chi connectivity index (χ0n) is 13.8. The minimum Gasteiger partial charge on any atom is -0.352 e. The number of piperidine rings is 1. The molecule has 2 bridgehead atoms. The number of benzene rings is 1. The number of carbonyl (C=O) groups excluding carboxylic acids is 1. The lowest BCUT2D eigenvalue weighted by molar-refractivity contribution is -0.122. The molecular weight excluding hydrogens is 300 g/mol. The number of rotatable bonds is 5. The van der Waals surface area contributed by atoms with Crippen molar-refractivity contribution in [3.8, 4) is 5.69 Å². The molecule has 5 heteroatoms. The number of hydrogen-bond acceptors (Lipinski definition) is 3. The van der Waals surface area contributed by atoms with E-state index >= 15 is 0 Å². The predicted molar refractivity (Wildman–Crippen MR) is 92.7 cm³/mol. The molecule has 0 radical (unpaired) electrons. The van der Waals surface area contributed by atoms with Crippen LogP contribution in [0.2, 0.25) is 0 Å². The molecule has 2 fully saturated rings. The number of nitrogens with zero attached hydrogens (tertiary/aromatic N) is 2. The highest BCUT2D eigenvalue weighted by Gasteiger charge is 2.34. The Morgan fingerprint density at radius 3 is 2.83 bits per heavy atom. The van der Waals surface area contributed by atoms with E-state index in [9.17, 15) is 4.79 Å². The Morgan fingerprint density at radius 1 is 1.25 bits per heavy atom. The Bertz CT molecular complexity index is 685. The molecule has 0 saturated carbocycles. The normalized spacial score (nSPS) is 25.6. The number of fused-ring (bicyclic) bond motifs is 2. The minimum atomic E-state index is 0.172. The lowest BCUT2D eigenvalue weighted by atomic mass is 9.89. The van der Waals surface area contributed by atoms with Gasteiger partial charge in [-0.1, -0.05) is 12.1 Å². The molecular formula is C19H24N4O. The van der Waals surface area contributed by atoms with Crippen LogP contribution in [0.15, 0.2) is 42.7 Å². The first-order chi connectivity index (χ1) is 11.8. The number of nitrogens with one attached hydrogen (secondary N) is 2. The van der Waals surface area contributed by atoms with E-state index in [0.717, 1.165) is 24.1 Å². The molecule has 3 heterocycles. The maximum Gasteiger partial charge on any atom is 0.220 e. The molecule has 0 aliphatic carbocycles. The van der Waals surface area contributed by atoms with Crippen molar-refractivity contribution >= 4 is 5.91 Å². The molecule has 1 aromatic carbocycles. The first-order valence-corrected chi connectivity index (χ1v) is 8.88. The van der Waals surface area contributed by atoms with E-state index in [1.54, 1.807) is 6.20 Å². The van der Waals surface area contributed by atoms with Crippen LogP contribution < -0.4 is 10.6 Å². The molecule has 2 N–H and O–H groups in total. The van der Waals surface area contributed by atoms with Crippen molar-refractivity contribution in [2.45, 2.75) is 50.7 Å². The fourth-order valence-corrected chi connectivity index (χ4v) is 4.11. The van der Waals surface area contributed by atoms with Gasteiger partial charge < -0.3 is 10.6 Å². The molecule has 5 nitrogen and oxygen atoms in total. The van der Waals surface area contributed by atoms with Gasteiger partial charge in [-0.2, -0.15) is 5.10 Å². The molecule has 2 aliphatic heterocycles. The van der Waals surface area contributed by atoms with Crippen molar-refractivity contribution in [2.75, 3.05) is 0 Å². The molecule has 2 aliphatic rings. The molecule has 0 spiro atoms. The highest BCUT2D eigenvalue weighted by Crippen LogP contribution is 2.32. The Balaban J connectivity index is 1.30. The fourth-order valence-electron chi connectivity index (χ4n) is 4.11. The van der Waals surface area contributed by atoms with Gasteiger partial charge in [0.15, 0.2) is 0 Å². The van der Waals surface area contributed by atoms with E-state index in [4.69, 9.17) is 0 Å². The van der Waals surface area contributed by atoms with Gasteiger partial charge in [0.25, 0.3) is 0 Å². The van der Waals surface area contributed by atoms with Crippen molar-refractivity contribution < 1.29 is 4.79 Å². The van der Waals surface area contributed by atoms with Crippen LogP contribution in [0.1, 0.15) is 37.7 Å². The Morgan fingerprint density at radius 2 is 2.08 bits per heavy atom. The summed E-state index contributed by atoms with van der Waals surface area (Å²) in [5.41, 5.74) is 2.11. The minimum absolute atomic E-state index is 0.172. The van der Waals surface area contributed by atoms with Crippen LogP contribution in [0.3, 0.4) is 0 Å². The van der Waals surface area contributed by atoms with E-state index in [-0.39, 0.29) is 5.91 Å². The lowest BCUT2D eigenvalue weighted by Gasteiger charge is -2.28. The highest BCUT2D eigenvalue weighted by molar-refractivity contribution is 5.76. The first-order valence-electron chi connectivity index (χ1n) is 8.88. The summed E-state index contributed by atoms with van der Waals surface area (Å²) in [4.78, 5) is 12.3. The van der Waals surface area contributed by atoms with E-state index in [0.29, 0.717) is 31.0 Å². The van der Waals surface area contributed by atoms with Crippen LogP contribution in [-0.2, 0) is 11.3 Å². The number of amides is 1. The SMILES string of the molecule is O=C(CC1C[C@H]2CC[C@@H](C1)N2)NCc1cccc(-n2cccn2)c1. The van der Waals surface area contributed by atoms with Crippen LogP contribution in [0, 0.1) is 5.92 Å². The Labute approximate surface area is 142 Å². The number of hydrogen-bond donors (Lipinski definition) is 2. The van der Waals surface area contributed by atoms with Gasteiger partial charge >= 0.3 is 0 Å². The van der Waals surface area contributed by atoms with Crippen LogP contribution in [-0.4, -0.2) is 27.8 Å². The van der Waals surface area contributed by atoms with Gasteiger partial charge in [-0.05, 0) is 55.4 Å². The van der Waals surface area contributed by atoms with E-state index in [2.05, 4.69) is 21.8 Å². The molecule has 1 unspecified atom stereocenters. The summed E-state index contributed by atoms with van der Waals surface area (Å²) in [7, 11) is 0. The fraction of sp³-hybridized carbons (Fsp3) is 0.474. The van der Waals surface area contributed by atoms with Gasteiger partial charge in [-0.15, -0.1) is 0 Å². The monoisotopic (exact) mass is 324 g/mol. The van der Waals surface area contributed by atoms with Crippen molar-refractivity contribution in [2.24, 2.45) is 5.92 Å². The predicted octanol–water partition coefficient (Wildman–Crippen LogP) is 2.41. The van der Waals surface area contributed by atoms with E-state index in [1.165, 1.54) is 12.8 Å². The standard InChI is InChI=1S/C19H24N4O/c24-19(12-15-9-16-5-6-17(10-15)22-16)20-13-14-3-1-4-18(11-14)23-8-2-7-21-23/h1-4,7-8,11,15-17,22H,5-6,9-10,12-13H2,(H,20,24)/t15?,16-,17+. The van der Waals surface area contributed by atoms with Gasteiger partial charge in [0, 0.05) is 37.4 Å². The van der Waals surface area contributed by atoms with Crippen LogP contribution >= 0.6 is 0 Å². The van der Waals surface area contributed by atoms with Crippen molar-refractivity contribution in [3.05, 3.63) is 48.3 Å². The summed E-state index contributed by atoms with van der Waals surface area (Å²) in [5.74, 6) is 0.713. The van der Waals surface area contributed by atoms with Crippen molar-refractivity contribution in [1.29, 1.82) is 0 Å². The highest BCUT2D eigenvalue weighted by atomic mass is 16.1. The topological polar surface area (TPSA) is 59.0 Å². The third-order valence-electron chi connectivity index (χ3n) is 5.21. The average Bonchev–Trinajstić information content (AvgIpc) is 3.23. The molecule has 4 rings (SSSR count). The zero-order chi connectivity index (χ0) is 16.4. The van der Waals surface area contributed by atoms with Crippen LogP contribution in [0.25, 0.3) is 5.69 Å². The molecule has 2 saturated heterocycles. The number of carbonyl (C=O) groups is 1. The second kappa shape index (κ2) is 6.77. The lowest BCUT2D eigenvalue weighted by Crippen LogP contribution is -2.39. The first kappa shape index (κ1) is 15.4. The zero-order valence-corrected chi connectivity index (χ0v) is 13.8. The molecule has 2 aromatic rings. The molecule has 1 aromatic heterocycles. The van der Waals surface area contributed by atoms with Crippen molar-refractivity contribution in [3.63, 3.8) is 0 Å². The summed E-state index contributed by atoms with van der Waals surface area (Å²) in [6.07, 6.45) is 9.21. The summed E-state index contributed by atoms with van der Waals surface area (Å²) >= 11 is 0. The van der Waals surface area contributed by atoms with E-state index < -0.39 is 0 Å². The van der Waals surface area contributed by atoms with Crippen LogP contribution in [0.4, 0.5) is 0 Å². The van der Waals surface area contributed by atoms with Gasteiger partial charge in [0.05, 0.1) is 5.69 Å². The molecule has 3 atom stereocenters. The third-order valence-corrected chi connectivity index (χ3v) is 5.21. The second-order valence-corrected chi connectivity index (χ2v) is 7.08. The van der Waals surface area contributed by atoms with Crippen LogP contribution in [0.5, 0.6) is 0 Å². The summed E-state index contributed by atoms with van der Waals surface area (Å²) in [5, 5.41) is 11.0. The molecule has 1 amide bonds. The quantitative estimate of drug-likeness (QED) is 0.888. The molecule has 24 heavy (non-hydrogen) atoms. The number of aromatic nitrogens is 2. The van der Waals surface area contributed by atoms with Gasteiger partial charge in [-0.25, -0.2) is 4.68 Å². The maximum atomic E-state index is 12.3. The van der Waals surface area contributed by atoms with Crippen molar-refractivity contribution in [1.82, 2.24) is 20.4 Å². The third kappa shape index (κ3) is 3.51. The smallest absolute Gasteiger partial charge is 0.220 e. The summed E-state index contributed by atoms with van der Waals surface area (Å²) in [6, 6.07) is 11.3. The average molecular weight is 324 g/mol. The van der Waals surface area contributed by atoms with Gasteiger partial charge in [0.1, 0.15) is 0 Å². The maximum absolute atomic E-state index is 12.3. The summed E-state index contributed by atoms with van der Waals surface area (Å²) in [6.45, 7) is 0.575.